The second-order valence-corrected chi connectivity index (χ2v) is 18.2. The molecule has 1 aliphatic rings. The van der Waals surface area contributed by atoms with Gasteiger partial charge in [0.15, 0.2) is 45.3 Å². The molecule has 2 unspecified atom stereocenters. The number of carbonyl (C=O) groups excluding carboxylic acids is 2. The number of amides is 2. The van der Waals surface area contributed by atoms with Crippen molar-refractivity contribution >= 4 is 25.8 Å². The first-order chi connectivity index (χ1) is 22.5. The molecule has 5 atom stereocenters. The predicted molar refractivity (Wildman–Crippen MR) is 185 cm³/mol. The number of anilines is 1. The van der Waals surface area contributed by atoms with E-state index in [0.717, 1.165) is 0 Å². The number of aliphatic hydroxyl groups is 2. The van der Waals surface area contributed by atoms with E-state index in [4.69, 9.17) is 32.8 Å². The summed E-state index contributed by atoms with van der Waals surface area (Å²) >= 11 is 0. The lowest BCUT2D eigenvalue weighted by Crippen LogP contribution is -2.53. The number of methoxy groups -OCH3 is 4. The van der Waals surface area contributed by atoms with Crippen molar-refractivity contribution in [1.29, 1.82) is 0 Å². The molecule has 0 fully saturated rings. The van der Waals surface area contributed by atoms with Gasteiger partial charge >= 0.3 is 0 Å². The van der Waals surface area contributed by atoms with E-state index in [-0.39, 0.29) is 37.5 Å². The summed E-state index contributed by atoms with van der Waals surface area (Å²) in [6.45, 7) is 13.8. The monoisotopic (exact) mass is 696 g/mol. The molecule has 0 radical (unpaired) electrons. The Hall–Kier alpha value is -2.98. The summed E-state index contributed by atoms with van der Waals surface area (Å²) < 4.78 is 40.1. The van der Waals surface area contributed by atoms with Crippen molar-refractivity contribution in [2.75, 3.05) is 53.9 Å². The number of allylic oxidation sites excluding steroid dienone is 2. The molecular weight excluding hydrogens is 640 g/mol. The van der Waals surface area contributed by atoms with Gasteiger partial charge in [-0.25, -0.2) is 0 Å². The van der Waals surface area contributed by atoms with Gasteiger partial charge in [0.05, 0.1) is 25.0 Å². The molecule has 2 rings (SSSR count). The van der Waals surface area contributed by atoms with Crippen LogP contribution in [0.1, 0.15) is 46.6 Å². The molecular formula is C34H56N2O11Si. The van der Waals surface area contributed by atoms with Crippen LogP contribution in [0, 0.1) is 5.92 Å². The highest BCUT2D eigenvalue weighted by Crippen LogP contribution is 2.45. The fourth-order valence-corrected chi connectivity index (χ4v) is 6.22. The van der Waals surface area contributed by atoms with Crippen LogP contribution < -0.4 is 24.8 Å². The van der Waals surface area contributed by atoms with Crippen LogP contribution in [0.5, 0.6) is 17.2 Å². The lowest BCUT2D eigenvalue weighted by Gasteiger charge is -2.41. The second-order valence-electron chi connectivity index (χ2n) is 13.5. The number of fused-ring (bicyclic) bond motifs is 2. The molecule has 13 nitrogen and oxygen atoms in total. The van der Waals surface area contributed by atoms with Crippen molar-refractivity contribution in [2.24, 2.45) is 5.92 Å². The van der Waals surface area contributed by atoms with Gasteiger partial charge in [-0.2, -0.15) is 0 Å². The van der Waals surface area contributed by atoms with E-state index >= 15 is 0 Å². The molecule has 14 heteroatoms. The standard InChI is InChI=1S/C34H56N2O11Si/c1-21-15-23-30(46-20-42-7)24(17-27(31(23)44-9)45-19-41-6)36-32(39)22(2)13-12-14-26(43-8)29(38)33(40)35-18-28(25(37)16-21)47-48(10,11)34(3,4)5/h12-14,17,21,25-26,28-29,37-38H,15-16,18-20H2,1-11H3,(H,35,40)(H,36,39)/b14-12-,22-13+/t21?,25-,26?,28+,29+/m0/s1. The highest BCUT2D eigenvalue weighted by Gasteiger charge is 2.41. The molecule has 4 N–H and O–H groups in total. The summed E-state index contributed by atoms with van der Waals surface area (Å²) in [5.41, 5.74) is 1.20. The highest BCUT2D eigenvalue weighted by molar-refractivity contribution is 6.74. The summed E-state index contributed by atoms with van der Waals surface area (Å²) in [7, 11) is 3.43. The predicted octanol–water partition coefficient (Wildman–Crippen LogP) is 3.93. The Morgan fingerprint density at radius 3 is 2.23 bits per heavy atom. The number of hydrogen-bond donors (Lipinski definition) is 4. The topological polar surface area (TPSA) is 163 Å². The molecule has 0 saturated heterocycles. The average Bonchev–Trinajstić information content (AvgIpc) is 3.01. The zero-order chi connectivity index (χ0) is 36.2. The molecule has 0 saturated carbocycles. The lowest BCUT2D eigenvalue weighted by molar-refractivity contribution is -0.135. The maximum absolute atomic E-state index is 13.4. The first-order valence-corrected chi connectivity index (χ1v) is 18.9. The Labute approximate surface area is 286 Å². The van der Waals surface area contributed by atoms with E-state index in [2.05, 4.69) is 44.5 Å². The second kappa shape index (κ2) is 18.7. The van der Waals surface area contributed by atoms with Gasteiger partial charge in [-0.15, -0.1) is 0 Å². The van der Waals surface area contributed by atoms with Crippen molar-refractivity contribution in [2.45, 2.75) is 90.0 Å². The Balaban J connectivity index is 2.75. The number of ether oxygens (including phenoxy) is 6. The fraction of sp³-hybridized carbons (Fsp3) is 0.647. The van der Waals surface area contributed by atoms with Crippen LogP contribution >= 0.6 is 0 Å². The van der Waals surface area contributed by atoms with E-state index < -0.39 is 44.5 Å². The minimum Gasteiger partial charge on any atom is -0.492 e. The first-order valence-electron chi connectivity index (χ1n) is 16.0. The van der Waals surface area contributed by atoms with E-state index in [0.29, 0.717) is 40.5 Å². The molecule has 0 spiro atoms. The number of nitrogens with one attached hydrogen (secondary N) is 2. The van der Waals surface area contributed by atoms with Gasteiger partial charge in [-0.1, -0.05) is 45.9 Å². The SMILES string of the molecule is COCOc1cc2c(OCOC)c(c1OC)CC(C)C[C@H](O)[C@H](O[Si](C)(C)C(C)(C)C)CNC(=O)[C@H](O)C(OC)/C=C\C=C(/C)C(=O)N2. The Kier molecular flexibility index (Phi) is 16.0. The Morgan fingerprint density at radius 2 is 1.65 bits per heavy atom. The fourth-order valence-electron chi connectivity index (χ4n) is 4.87. The van der Waals surface area contributed by atoms with Gasteiger partial charge in [0.2, 0.25) is 0 Å². The van der Waals surface area contributed by atoms with E-state index in [9.17, 15) is 19.8 Å². The minimum absolute atomic E-state index is 0.0378. The van der Waals surface area contributed by atoms with Crippen molar-refractivity contribution in [3.63, 3.8) is 0 Å². The molecule has 1 aromatic rings. The van der Waals surface area contributed by atoms with Crippen LogP contribution in [0.25, 0.3) is 0 Å². The quantitative estimate of drug-likeness (QED) is 0.207. The third kappa shape index (κ3) is 11.3. The molecule has 0 aromatic heterocycles. The normalized spacial score (nSPS) is 25.4. The summed E-state index contributed by atoms with van der Waals surface area (Å²) in [6, 6.07) is 1.59. The molecule has 1 aliphatic heterocycles. The van der Waals surface area contributed by atoms with Crippen molar-refractivity contribution < 1.29 is 52.6 Å². The zero-order valence-electron chi connectivity index (χ0n) is 30.3. The molecule has 0 aliphatic carbocycles. The Morgan fingerprint density at radius 1 is 1.00 bits per heavy atom. The van der Waals surface area contributed by atoms with Crippen molar-refractivity contribution in [3.8, 4) is 17.2 Å². The molecule has 1 aromatic carbocycles. The first kappa shape index (κ1) is 41.2. The van der Waals surface area contributed by atoms with Crippen LogP contribution in [0.2, 0.25) is 18.1 Å². The van der Waals surface area contributed by atoms with Gasteiger partial charge < -0.3 is 53.7 Å². The largest absolute Gasteiger partial charge is 0.492 e. The van der Waals surface area contributed by atoms with E-state index in [1.807, 2.05) is 6.92 Å². The average molecular weight is 697 g/mol. The van der Waals surface area contributed by atoms with Gasteiger partial charge in [0.1, 0.15) is 6.10 Å². The third-order valence-electron chi connectivity index (χ3n) is 8.61. The van der Waals surface area contributed by atoms with Gasteiger partial charge in [0.25, 0.3) is 11.8 Å². The summed E-state index contributed by atoms with van der Waals surface area (Å²) in [5.74, 6) is -0.324. The molecule has 272 valence electrons. The van der Waals surface area contributed by atoms with Crippen molar-refractivity contribution in [1.82, 2.24) is 5.32 Å². The van der Waals surface area contributed by atoms with Gasteiger partial charge in [-0.05, 0) is 43.8 Å². The molecule has 1 heterocycles. The summed E-state index contributed by atoms with van der Waals surface area (Å²) in [6.07, 6.45) is 0.790. The number of carbonyl (C=O) groups is 2. The van der Waals surface area contributed by atoms with Crippen molar-refractivity contribution in [3.05, 3.63) is 35.4 Å². The van der Waals surface area contributed by atoms with Crippen LogP contribution in [0.4, 0.5) is 5.69 Å². The molecule has 2 amide bonds. The number of aliphatic hydroxyl groups excluding tert-OH is 2. The van der Waals surface area contributed by atoms with E-state index in [1.54, 1.807) is 13.0 Å². The van der Waals surface area contributed by atoms with Crippen LogP contribution in [-0.4, -0.2) is 103 Å². The van der Waals surface area contributed by atoms with Crippen LogP contribution in [0.15, 0.2) is 29.9 Å². The smallest absolute Gasteiger partial charge is 0.252 e. The minimum atomic E-state index is -2.42. The zero-order valence-corrected chi connectivity index (χ0v) is 31.3. The number of hydrogen-bond acceptors (Lipinski definition) is 11. The van der Waals surface area contributed by atoms with Crippen LogP contribution in [-0.2, 0) is 34.6 Å². The summed E-state index contributed by atoms with van der Waals surface area (Å²) in [5, 5.41) is 28.0. The Bertz CT molecular complexity index is 1280. The maximum Gasteiger partial charge on any atom is 0.252 e. The molecule has 48 heavy (non-hydrogen) atoms. The van der Waals surface area contributed by atoms with E-state index in [1.165, 1.54) is 46.7 Å². The number of benzene rings is 1. The van der Waals surface area contributed by atoms with Crippen LogP contribution in [0.3, 0.4) is 0 Å². The summed E-state index contributed by atoms with van der Waals surface area (Å²) in [4.78, 5) is 26.5. The number of rotatable bonds is 10. The van der Waals surface area contributed by atoms with Gasteiger partial charge in [-0.3, -0.25) is 9.59 Å². The highest BCUT2D eigenvalue weighted by atomic mass is 28.4. The third-order valence-corrected chi connectivity index (χ3v) is 13.1. The lowest BCUT2D eigenvalue weighted by atomic mass is 9.92. The van der Waals surface area contributed by atoms with Gasteiger partial charge in [0, 0.05) is 45.1 Å². The maximum atomic E-state index is 13.4. The molecule has 2 bridgehead atoms.